The molecule has 1 saturated heterocycles. The average Bonchev–Trinajstić information content (AvgIpc) is 3.21. The van der Waals surface area contributed by atoms with Crippen LogP contribution in [0, 0.1) is 11.3 Å². The minimum atomic E-state index is -3.50. The number of ketones is 1. The zero-order chi connectivity index (χ0) is 22.6. The SMILES string of the molecule is N#CCCn1cc(C(=O)COc2ccc(S(=O)(=O)N3CCCCC3)cc2)c2ccccc21. The molecule has 0 saturated carbocycles. The molecule has 0 radical (unpaired) electrons. The first kappa shape index (κ1) is 22.1. The van der Waals surface area contributed by atoms with Crippen molar-refractivity contribution in [2.45, 2.75) is 37.1 Å². The van der Waals surface area contributed by atoms with Crippen LogP contribution >= 0.6 is 0 Å². The van der Waals surface area contributed by atoms with Crippen molar-refractivity contribution in [3.63, 3.8) is 0 Å². The van der Waals surface area contributed by atoms with Crippen LogP contribution in [0.15, 0.2) is 59.6 Å². The highest BCUT2D eigenvalue weighted by Crippen LogP contribution is 2.24. The molecule has 1 fully saturated rings. The van der Waals surface area contributed by atoms with Gasteiger partial charge in [0.15, 0.2) is 6.61 Å². The first-order chi connectivity index (χ1) is 15.5. The molecule has 166 valence electrons. The van der Waals surface area contributed by atoms with Crippen LogP contribution < -0.4 is 4.74 Å². The van der Waals surface area contributed by atoms with Gasteiger partial charge in [0.05, 0.1) is 17.4 Å². The number of fused-ring (bicyclic) bond motifs is 1. The van der Waals surface area contributed by atoms with Gasteiger partial charge in [-0.15, -0.1) is 0 Å². The molecule has 1 aromatic heterocycles. The van der Waals surface area contributed by atoms with Gasteiger partial charge in [0.25, 0.3) is 0 Å². The number of rotatable bonds is 8. The lowest BCUT2D eigenvalue weighted by Gasteiger charge is -2.25. The molecule has 32 heavy (non-hydrogen) atoms. The number of aryl methyl sites for hydroxylation is 1. The molecule has 0 atom stereocenters. The van der Waals surface area contributed by atoms with Crippen molar-refractivity contribution in [3.05, 3.63) is 60.3 Å². The fraction of sp³-hybridized carbons (Fsp3) is 0.333. The molecule has 0 bridgehead atoms. The van der Waals surface area contributed by atoms with Gasteiger partial charge in [0.1, 0.15) is 5.75 Å². The van der Waals surface area contributed by atoms with Crippen molar-refractivity contribution in [2.75, 3.05) is 19.7 Å². The minimum Gasteiger partial charge on any atom is -0.485 e. The van der Waals surface area contributed by atoms with Gasteiger partial charge in [0, 0.05) is 42.3 Å². The van der Waals surface area contributed by atoms with E-state index in [1.807, 2.05) is 28.8 Å². The molecule has 2 heterocycles. The Hall–Kier alpha value is -3.15. The molecule has 1 aliphatic heterocycles. The number of nitriles is 1. The fourth-order valence-electron chi connectivity index (χ4n) is 4.01. The molecule has 3 aromatic rings. The Morgan fingerprint density at radius 1 is 1.03 bits per heavy atom. The number of benzene rings is 2. The number of carbonyl (C=O) groups excluding carboxylic acids is 1. The lowest BCUT2D eigenvalue weighted by molar-refractivity contribution is 0.0923. The van der Waals surface area contributed by atoms with Gasteiger partial charge in [-0.2, -0.15) is 9.57 Å². The molecular formula is C24H25N3O4S. The maximum Gasteiger partial charge on any atom is 0.243 e. The van der Waals surface area contributed by atoms with E-state index in [2.05, 4.69) is 6.07 Å². The Labute approximate surface area is 187 Å². The van der Waals surface area contributed by atoms with E-state index in [4.69, 9.17) is 10.00 Å². The second-order valence-corrected chi connectivity index (χ2v) is 9.75. The van der Waals surface area contributed by atoms with Gasteiger partial charge in [-0.05, 0) is 43.2 Å². The number of hydrogen-bond donors (Lipinski definition) is 0. The molecule has 0 N–H and O–H groups in total. The van der Waals surface area contributed by atoms with Crippen LogP contribution in [-0.2, 0) is 16.6 Å². The Bertz CT molecular complexity index is 1250. The summed E-state index contributed by atoms with van der Waals surface area (Å²) in [4.78, 5) is 13.1. The van der Waals surface area contributed by atoms with Gasteiger partial charge in [0.2, 0.25) is 15.8 Å². The number of nitrogens with zero attached hydrogens (tertiary/aromatic N) is 3. The summed E-state index contributed by atoms with van der Waals surface area (Å²) in [6.45, 7) is 1.46. The van der Waals surface area contributed by atoms with Gasteiger partial charge < -0.3 is 9.30 Å². The molecule has 2 aromatic carbocycles. The Morgan fingerprint density at radius 2 is 1.75 bits per heavy atom. The highest BCUT2D eigenvalue weighted by Gasteiger charge is 2.25. The lowest BCUT2D eigenvalue weighted by atomic mass is 10.1. The standard InChI is InChI=1S/C24H25N3O4S/c25-13-6-14-26-17-22(21-7-2-3-8-23(21)26)24(28)18-31-19-9-11-20(12-10-19)32(29,30)27-15-4-1-5-16-27/h2-3,7-12,17H,1,4-6,14-16,18H2. The quantitative estimate of drug-likeness (QED) is 0.483. The van der Waals surface area contributed by atoms with Crippen molar-refractivity contribution >= 4 is 26.7 Å². The Balaban J connectivity index is 1.45. The van der Waals surface area contributed by atoms with E-state index in [-0.39, 0.29) is 17.3 Å². The first-order valence-electron chi connectivity index (χ1n) is 10.7. The summed E-state index contributed by atoms with van der Waals surface area (Å²) in [5.41, 5.74) is 1.45. The third-order valence-electron chi connectivity index (χ3n) is 5.70. The van der Waals surface area contributed by atoms with Crippen LogP contribution in [0.2, 0.25) is 0 Å². The van der Waals surface area contributed by atoms with E-state index < -0.39 is 10.0 Å². The predicted octanol–water partition coefficient (Wildman–Crippen LogP) is 3.99. The normalized spacial score (nSPS) is 14.8. The van der Waals surface area contributed by atoms with Crippen molar-refractivity contribution in [2.24, 2.45) is 0 Å². The number of piperidine rings is 1. The number of aromatic nitrogens is 1. The van der Waals surface area contributed by atoms with Crippen LogP contribution in [0.4, 0.5) is 0 Å². The number of sulfonamides is 1. The predicted molar refractivity (Wildman–Crippen MR) is 121 cm³/mol. The Morgan fingerprint density at radius 3 is 2.47 bits per heavy atom. The minimum absolute atomic E-state index is 0.162. The van der Waals surface area contributed by atoms with Gasteiger partial charge >= 0.3 is 0 Å². The van der Waals surface area contributed by atoms with E-state index in [0.717, 1.165) is 30.2 Å². The topological polar surface area (TPSA) is 92.4 Å². The number of Topliss-reactive ketones (excluding diaryl/α,β-unsaturated/α-hetero) is 1. The zero-order valence-corrected chi connectivity index (χ0v) is 18.6. The largest absolute Gasteiger partial charge is 0.485 e. The summed E-state index contributed by atoms with van der Waals surface area (Å²) >= 11 is 0. The van der Waals surface area contributed by atoms with E-state index in [1.165, 1.54) is 16.4 Å². The second-order valence-electron chi connectivity index (χ2n) is 7.81. The first-order valence-corrected chi connectivity index (χ1v) is 12.2. The molecular weight excluding hydrogens is 426 g/mol. The number of carbonyl (C=O) groups is 1. The molecule has 1 aliphatic rings. The smallest absolute Gasteiger partial charge is 0.243 e. The zero-order valence-electron chi connectivity index (χ0n) is 17.7. The maximum atomic E-state index is 12.8. The van der Waals surface area contributed by atoms with Crippen molar-refractivity contribution in [1.29, 1.82) is 5.26 Å². The number of ether oxygens (including phenoxy) is 1. The molecule has 8 heteroatoms. The average molecular weight is 452 g/mol. The van der Waals surface area contributed by atoms with E-state index in [0.29, 0.717) is 37.4 Å². The van der Waals surface area contributed by atoms with Crippen molar-refractivity contribution in [3.8, 4) is 11.8 Å². The molecule has 0 aliphatic carbocycles. The maximum absolute atomic E-state index is 12.8. The van der Waals surface area contributed by atoms with Crippen molar-refractivity contribution < 1.29 is 17.9 Å². The third-order valence-corrected chi connectivity index (χ3v) is 7.61. The van der Waals surface area contributed by atoms with Gasteiger partial charge in [-0.3, -0.25) is 4.79 Å². The number of para-hydroxylation sites is 1. The summed E-state index contributed by atoms with van der Waals surface area (Å²) < 4.78 is 34.6. The van der Waals surface area contributed by atoms with Crippen LogP contribution in [0.1, 0.15) is 36.0 Å². The molecule has 0 spiro atoms. The monoisotopic (exact) mass is 451 g/mol. The molecule has 7 nitrogen and oxygen atoms in total. The van der Waals surface area contributed by atoms with Crippen LogP contribution in [0.3, 0.4) is 0 Å². The fourth-order valence-corrected chi connectivity index (χ4v) is 5.53. The third kappa shape index (κ3) is 4.54. The van der Waals surface area contributed by atoms with E-state index >= 15 is 0 Å². The highest BCUT2D eigenvalue weighted by molar-refractivity contribution is 7.89. The summed E-state index contributed by atoms with van der Waals surface area (Å²) in [6, 6.07) is 15.9. The van der Waals surface area contributed by atoms with Crippen LogP contribution in [0.25, 0.3) is 10.9 Å². The summed E-state index contributed by atoms with van der Waals surface area (Å²) in [5, 5.41) is 9.70. The van der Waals surface area contributed by atoms with Gasteiger partial charge in [-0.1, -0.05) is 24.6 Å². The van der Waals surface area contributed by atoms with Crippen LogP contribution in [-0.4, -0.2) is 42.8 Å². The summed E-state index contributed by atoms with van der Waals surface area (Å²) in [7, 11) is -3.50. The van der Waals surface area contributed by atoms with Crippen LogP contribution in [0.5, 0.6) is 5.75 Å². The van der Waals surface area contributed by atoms with Gasteiger partial charge in [-0.25, -0.2) is 8.42 Å². The summed E-state index contributed by atoms with van der Waals surface area (Å²) in [6.07, 6.45) is 4.95. The molecule has 0 amide bonds. The molecule has 4 rings (SSSR count). The van der Waals surface area contributed by atoms with E-state index in [9.17, 15) is 13.2 Å². The molecule has 0 unspecified atom stereocenters. The second kappa shape index (κ2) is 9.55. The Kier molecular flexibility index (Phi) is 6.58. The lowest BCUT2D eigenvalue weighted by Crippen LogP contribution is -2.35. The number of hydrogen-bond acceptors (Lipinski definition) is 5. The van der Waals surface area contributed by atoms with E-state index in [1.54, 1.807) is 18.3 Å². The highest BCUT2D eigenvalue weighted by atomic mass is 32.2. The summed E-state index contributed by atoms with van der Waals surface area (Å²) in [5.74, 6) is 0.256. The van der Waals surface area contributed by atoms with Crippen molar-refractivity contribution in [1.82, 2.24) is 8.87 Å².